The molecule has 0 aliphatic carbocycles. The maximum atomic E-state index is 13.3. The van der Waals surface area contributed by atoms with Crippen LogP contribution in [0.2, 0.25) is 0 Å². The van der Waals surface area contributed by atoms with Crippen LogP contribution in [0, 0.1) is 0 Å². The lowest BCUT2D eigenvalue weighted by atomic mass is 9.94. The quantitative estimate of drug-likeness (QED) is 0.705. The molecule has 1 rings (SSSR count). The fourth-order valence-electron chi connectivity index (χ4n) is 1.55. The molecule has 1 unspecified atom stereocenters. The third-order valence-electron chi connectivity index (χ3n) is 3.25. The van der Waals surface area contributed by atoms with E-state index in [0.717, 1.165) is 24.3 Å². The SMILES string of the molecule is CC(F)(F)C(C)(NC(=O)Nc1ccc(S(N)(=O)=O)cc1)C(F)(F)F. The Morgan fingerprint density at radius 3 is 1.83 bits per heavy atom. The minimum absolute atomic E-state index is 0.0294. The number of sulfonamides is 1. The average Bonchev–Trinajstić information content (AvgIpc) is 2.35. The number of amides is 2. The van der Waals surface area contributed by atoms with Crippen molar-refractivity contribution in [3.8, 4) is 0 Å². The predicted molar refractivity (Wildman–Crippen MR) is 75.1 cm³/mol. The Morgan fingerprint density at radius 1 is 1.04 bits per heavy atom. The maximum Gasteiger partial charge on any atom is 0.417 e. The van der Waals surface area contributed by atoms with Crippen LogP contribution in [-0.2, 0) is 10.0 Å². The van der Waals surface area contributed by atoms with E-state index in [0.29, 0.717) is 0 Å². The molecule has 0 fully saturated rings. The Balaban J connectivity index is 2.96. The van der Waals surface area contributed by atoms with Crippen molar-refractivity contribution in [3.63, 3.8) is 0 Å². The van der Waals surface area contributed by atoms with Crippen LogP contribution in [0.1, 0.15) is 13.8 Å². The zero-order valence-corrected chi connectivity index (χ0v) is 13.2. The number of primary sulfonamides is 1. The van der Waals surface area contributed by atoms with Crippen molar-refractivity contribution in [1.29, 1.82) is 0 Å². The number of alkyl halides is 5. The van der Waals surface area contributed by atoms with Crippen molar-refractivity contribution in [1.82, 2.24) is 5.32 Å². The minimum Gasteiger partial charge on any atom is -0.319 e. The van der Waals surface area contributed by atoms with Crippen LogP contribution in [0.3, 0.4) is 0 Å². The molecule has 2 amide bonds. The van der Waals surface area contributed by atoms with Crippen LogP contribution in [0.5, 0.6) is 0 Å². The van der Waals surface area contributed by atoms with Crippen molar-refractivity contribution < 1.29 is 35.2 Å². The summed E-state index contributed by atoms with van der Waals surface area (Å²) in [7, 11) is -3.99. The van der Waals surface area contributed by atoms with E-state index in [1.54, 1.807) is 0 Å². The van der Waals surface area contributed by atoms with Crippen LogP contribution in [0.15, 0.2) is 29.2 Å². The van der Waals surface area contributed by atoms with Crippen LogP contribution in [0.4, 0.5) is 32.4 Å². The van der Waals surface area contributed by atoms with E-state index in [4.69, 9.17) is 5.14 Å². The summed E-state index contributed by atoms with van der Waals surface area (Å²) in [6.45, 7) is 0.179. The van der Waals surface area contributed by atoms with Crippen LogP contribution in [0.25, 0.3) is 0 Å². The molecule has 0 saturated carbocycles. The summed E-state index contributed by atoms with van der Waals surface area (Å²) >= 11 is 0. The number of benzene rings is 1. The van der Waals surface area contributed by atoms with Gasteiger partial charge in [0, 0.05) is 12.6 Å². The number of halogens is 5. The van der Waals surface area contributed by atoms with Gasteiger partial charge in [-0.25, -0.2) is 27.1 Å². The third-order valence-corrected chi connectivity index (χ3v) is 4.18. The molecular weight excluding hydrogens is 361 g/mol. The van der Waals surface area contributed by atoms with Gasteiger partial charge in [0.1, 0.15) is 0 Å². The molecule has 0 heterocycles. The van der Waals surface area contributed by atoms with Crippen molar-refractivity contribution in [2.45, 2.75) is 36.4 Å². The topological polar surface area (TPSA) is 101 Å². The third kappa shape index (κ3) is 4.32. The fraction of sp³-hybridized carbons (Fsp3) is 0.417. The van der Waals surface area contributed by atoms with Gasteiger partial charge in [-0.2, -0.15) is 13.2 Å². The number of anilines is 1. The Bertz CT molecular complexity index is 697. The van der Waals surface area contributed by atoms with E-state index >= 15 is 0 Å². The monoisotopic (exact) mass is 375 g/mol. The van der Waals surface area contributed by atoms with E-state index in [-0.39, 0.29) is 24.4 Å². The summed E-state index contributed by atoms with van der Waals surface area (Å²) in [6, 6.07) is 2.51. The van der Waals surface area contributed by atoms with E-state index < -0.39 is 33.7 Å². The first-order chi connectivity index (χ1) is 10.6. The number of hydrogen-bond acceptors (Lipinski definition) is 3. The molecule has 4 N–H and O–H groups in total. The van der Waals surface area contributed by atoms with Gasteiger partial charge in [0.2, 0.25) is 10.0 Å². The summed E-state index contributed by atoms with van der Waals surface area (Å²) in [6.07, 6.45) is -5.42. The molecule has 1 aromatic carbocycles. The molecule has 0 saturated heterocycles. The molecule has 6 nitrogen and oxygen atoms in total. The highest BCUT2D eigenvalue weighted by molar-refractivity contribution is 7.89. The second kappa shape index (κ2) is 6.16. The van der Waals surface area contributed by atoms with Gasteiger partial charge >= 0.3 is 12.2 Å². The highest BCUT2D eigenvalue weighted by atomic mass is 32.2. The smallest absolute Gasteiger partial charge is 0.319 e. The Morgan fingerprint density at radius 2 is 1.50 bits per heavy atom. The lowest BCUT2D eigenvalue weighted by molar-refractivity contribution is -0.249. The lowest BCUT2D eigenvalue weighted by Crippen LogP contribution is -2.66. The number of nitrogens with two attached hydrogens (primary N) is 1. The number of rotatable bonds is 4. The zero-order chi connectivity index (χ0) is 19.0. The zero-order valence-electron chi connectivity index (χ0n) is 12.4. The average molecular weight is 375 g/mol. The summed E-state index contributed by atoms with van der Waals surface area (Å²) in [4.78, 5) is 11.3. The van der Waals surface area contributed by atoms with Gasteiger partial charge in [-0.15, -0.1) is 0 Å². The highest BCUT2D eigenvalue weighted by Gasteiger charge is 2.65. The first kappa shape index (κ1) is 20.1. The van der Waals surface area contributed by atoms with E-state index in [2.05, 4.69) is 0 Å². The normalized spacial score (nSPS) is 15.5. The molecule has 0 bridgehead atoms. The summed E-state index contributed by atoms with van der Waals surface area (Å²) < 4.78 is 87.3. The predicted octanol–water partition coefficient (Wildman–Crippen LogP) is 2.43. The Kier molecular flexibility index (Phi) is 5.16. The molecule has 12 heteroatoms. The van der Waals surface area contributed by atoms with Gasteiger partial charge in [0.15, 0.2) is 5.54 Å². The standard InChI is InChI=1S/C12H14F5N3O3S/c1-10(11(2,13)14,12(15,16)17)20-9(21)19-7-3-5-8(6-4-7)24(18,22)23/h3-6H,1-2H3,(H2,18,22,23)(H2,19,20,21). The number of urea groups is 1. The molecule has 0 aromatic heterocycles. The molecule has 0 radical (unpaired) electrons. The molecule has 0 aliphatic heterocycles. The van der Waals surface area contributed by atoms with E-state index in [1.807, 2.05) is 5.32 Å². The second-order valence-electron chi connectivity index (χ2n) is 5.16. The van der Waals surface area contributed by atoms with Crippen LogP contribution in [-0.4, -0.2) is 32.1 Å². The van der Waals surface area contributed by atoms with Gasteiger partial charge in [-0.3, -0.25) is 0 Å². The molecular formula is C12H14F5N3O3S. The molecule has 0 aliphatic rings. The molecule has 24 heavy (non-hydrogen) atoms. The van der Waals surface area contributed by atoms with Gasteiger partial charge in [-0.1, -0.05) is 0 Å². The summed E-state index contributed by atoms with van der Waals surface area (Å²) in [5.74, 6) is -4.29. The fourth-order valence-corrected chi connectivity index (χ4v) is 2.06. The lowest BCUT2D eigenvalue weighted by Gasteiger charge is -2.37. The number of nitrogens with one attached hydrogen (secondary N) is 2. The minimum atomic E-state index is -5.42. The Labute approximate surface area is 134 Å². The maximum absolute atomic E-state index is 13.3. The molecule has 1 atom stereocenters. The summed E-state index contributed by atoms with van der Waals surface area (Å²) in [5, 5.41) is 7.95. The number of hydrogen-bond donors (Lipinski definition) is 3. The molecule has 0 spiro atoms. The van der Waals surface area contributed by atoms with E-state index in [9.17, 15) is 35.2 Å². The molecule has 136 valence electrons. The van der Waals surface area contributed by atoms with Gasteiger partial charge in [0.25, 0.3) is 5.92 Å². The van der Waals surface area contributed by atoms with Gasteiger partial charge < -0.3 is 10.6 Å². The first-order valence-corrected chi connectivity index (χ1v) is 7.79. The molecule has 1 aromatic rings. The Hall–Kier alpha value is -1.95. The van der Waals surface area contributed by atoms with Crippen LogP contribution < -0.4 is 15.8 Å². The van der Waals surface area contributed by atoms with E-state index in [1.165, 1.54) is 5.32 Å². The van der Waals surface area contributed by atoms with Crippen molar-refractivity contribution in [3.05, 3.63) is 24.3 Å². The van der Waals surface area contributed by atoms with Crippen LogP contribution >= 0.6 is 0 Å². The van der Waals surface area contributed by atoms with Crippen molar-refractivity contribution >= 4 is 21.7 Å². The van der Waals surface area contributed by atoms with Crippen molar-refractivity contribution in [2.75, 3.05) is 5.32 Å². The van der Waals surface area contributed by atoms with Gasteiger partial charge in [0.05, 0.1) is 4.90 Å². The largest absolute Gasteiger partial charge is 0.417 e. The number of carbonyl (C=O) groups excluding carboxylic acids is 1. The second-order valence-corrected chi connectivity index (χ2v) is 6.72. The highest BCUT2D eigenvalue weighted by Crippen LogP contribution is 2.41. The van der Waals surface area contributed by atoms with Crippen molar-refractivity contribution in [2.24, 2.45) is 5.14 Å². The number of carbonyl (C=O) groups is 1. The first-order valence-electron chi connectivity index (χ1n) is 6.24. The summed E-state index contributed by atoms with van der Waals surface area (Å²) in [5.41, 5.74) is -3.92. The van der Waals surface area contributed by atoms with Gasteiger partial charge in [-0.05, 0) is 31.2 Å².